The van der Waals surface area contributed by atoms with Crippen molar-refractivity contribution in [2.45, 2.75) is 33.4 Å². The maximum Gasteiger partial charge on any atom is 0.337 e. The Balaban J connectivity index is 1.88. The molecule has 0 amide bonds. The van der Waals surface area contributed by atoms with Crippen molar-refractivity contribution in [3.8, 4) is 5.69 Å². The largest absolute Gasteiger partial charge is 0.337 e. The fraction of sp³-hybridized carbons (Fsp3) is 0.250. The molecule has 2 aromatic heterocycles. The first-order valence-corrected chi connectivity index (χ1v) is 10.6. The molecule has 0 fully saturated rings. The third-order valence-electron chi connectivity index (χ3n) is 5.47. The summed E-state index contributed by atoms with van der Waals surface area (Å²) in [7, 11) is 0. The predicted molar refractivity (Wildman–Crippen MR) is 120 cm³/mol. The van der Waals surface area contributed by atoms with E-state index in [2.05, 4.69) is 4.98 Å². The molecule has 176 valence electrons. The summed E-state index contributed by atoms with van der Waals surface area (Å²) in [5, 5.41) is 0. The van der Waals surface area contributed by atoms with E-state index in [1.165, 1.54) is 39.7 Å². The van der Waals surface area contributed by atoms with E-state index in [0.717, 1.165) is 22.8 Å². The number of nitrogens with zero attached hydrogens (tertiary/aromatic N) is 4. The number of ketones is 1. The molecule has 2 aromatic carbocycles. The molecule has 0 unspecified atom stereocenters. The SMILES string of the molecule is CC(C)CCn1c(=O)c2c(ncn2CC(=O)c2ccc(F)c(F)c2)n(-c2ccc(F)cc2)c1=O. The van der Waals surface area contributed by atoms with Crippen molar-refractivity contribution in [1.29, 1.82) is 0 Å². The van der Waals surface area contributed by atoms with Crippen LogP contribution in [0.25, 0.3) is 16.9 Å². The van der Waals surface area contributed by atoms with Crippen LogP contribution in [0.4, 0.5) is 13.2 Å². The molecular formula is C24H21F3N4O3. The molecule has 34 heavy (non-hydrogen) atoms. The summed E-state index contributed by atoms with van der Waals surface area (Å²) in [6.45, 7) is 3.65. The van der Waals surface area contributed by atoms with Gasteiger partial charge in [0.15, 0.2) is 28.6 Å². The zero-order valence-electron chi connectivity index (χ0n) is 18.5. The lowest BCUT2D eigenvalue weighted by molar-refractivity contribution is 0.0972. The summed E-state index contributed by atoms with van der Waals surface area (Å²) in [5.74, 6) is -3.11. The van der Waals surface area contributed by atoms with E-state index in [4.69, 9.17) is 0 Å². The minimum Gasteiger partial charge on any atom is -0.317 e. The fourth-order valence-electron chi connectivity index (χ4n) is 3.62. The standard InChI is InChI=1S/C24H21F3N4O3/c1-14(2)9-10-30-23(33)21-22(31(24(30)34)17-6-4-16(25)5-7-17)28-13-29(21)12-20(32)15-3-8-18(26)19(27)11-15/h3-8,11,13-14H,9-10,12H2,1-2H3. The Morgan fingerprint density at radius 3 is 2.35 bits per heavy atom. The van der Waals surface area contributed by atoms with Gasteiger partial charge >= 0.3 is 5.69 Å². The van der Waals surface area contributed by atoms with Gasteiger partial charge in [0, 0.05) is 12.1 Å². The van der Waals surface area contributed by atoms with Crippen molar-refractivity contribution in [3.63, 3.8) is 0 Å². The molecule has 4 rings (SSSR count). The van der Waals surface area contributed by atoms with Crippen molar-refractivity contribution in [1.82, 2.24) is 18.7 Å². The third kappa shape index (κ3) is 4.30. The van der Waals surface area contributed by atoms with Gasteiger partial charge in [-0.3, -0.25) is 14.2 Å². The second kappa shape index (κ2) is 9.12. The molecule has 0 saturated heterocycles. The topological polar surface area (TPSA) is 78.9 Å². The van der Waals surface area contributed by atoms with Crippen molar-refractivity contribution in [2.24, 2.45) is 5.92 Å². The van der Waals surface area contributed by atoms with Gasteiger partial charge in [-0.2, -0.15) is 0 Å². The van der Waals surface area contributed by atoms with Gasteiger partial charge in [-0.05, 0) is 54.8 Å². The van der Waals surface area contributed by atoms with Crippen LogP contribution in [0.2, 0.25) is 0 Å². The average molecular weight is 470 g/mol. The molecule has 7 nitrogen and oxygen atoms in total. The van der Waals surface area contributed by atoms with Crippen LogP contribution in [0.1, 0.15) is 30.6 Å². The zero-order chi connectivity index (χ0) is 24.6. The Kier molecular flexibility index (Phi) is 6.23. The first kappa shape index (κ1) is 23.2. The summed E-state index contributed by atoms with van der Waals surface area (Å²) in [4.78, 5) is 43.5. The highest BCUT2D eigenvalue weighted by atomic mass is 19.2. The Hall–Kier alpha value is -3.95. The van der Waals surface area contributed by atoms with Crippen molar-refractivity contribution < 1.29 is 18.0 Å². The minimum absolute atomic E-state index is 0.000455. The van der Waals surface area contributed by atoms with Crippen LogP contribution in [-0.2, 0) is 13.1 Å². The predicted octanol–water partition coefficient (Wildman–Crippen LogP) is 3.70. The van der Waals surface area contributed by atoms with E-state index in [9.17, 15) is 27.6 Å². The molecule has 0 aliphatic rings. The van der Waals surface area contributed by atoms with Gasteiger partial charge in [-0.1, -0.05) is 13.8 Å². The van der Waals surface area contributed by atoms with Crippen molar-refractivity contribution >= 4 is 16.9 Å². The average Bonchev–Trinajstić information content (AvgIpc) is 3.20. The zero-order valence-corrected chi connectivity index (χ0v) is 18.5. The molecule has 4 aromatic rings. The molecule has 0 N–H and O–H groups in total. The number of hydrogen-bond acceptors (Lipinski definition) is 4. The van der Waals surface area contributed by atoms with Crippen molar-refractivity contribution in [2.75, 3.05) is 0 Å². The van der Waals surface area contributed by atoms with Gasteiger partial charge in [-0.15, -0.1) is 0 Å². The van der Waals surface area contributed by atoms with Gasteiger partial charge in [0.25, 0.3) is 5.56 Å². The fourth-order valence-corrected chi connectivity index (χ4v) is 3.62. The van der Waals surface area contributed by atoms with Crippen LogP contribution in [-0.4, -0.2) is 24.5 Å². The number of imidazole rings is 1. The molecule has 2 heterocycles. The molecular weight excluding hydrogens is 449 g/mol. The highest BCUT2D eigenvalue weighted by molar-refractivity contribution is 5.96. The summed E-state index contributed by atoms with van der Waals surface area (Å²) in [6.07, 6.45) is 1.78. The Labute approximate surface area is 191 Å². The molecule has 0 bridgehead atoms. The van der Waals surface area contributed by atoms with E-state index in [1.807, 2.05) is 13.8 Å². The number of fused-ring (bicyclic) bond motifs is 1. The normalized spacial score (nSPS) is 11.5. The molecule has 0 atom stereocenters. The van der Waals surface area contributed by atoms with Crippen LogP contribution >= 0.6 is 0 Å². The monoisotopic (exact) mass is 470 g/mol. The molecule has 10 heteroatoms. The number of aromatic nitrogens is 4. The van der Waals surface area contributed by atoms with Gasteiger partial charge < -0.3 is 4.57 Å². The van der Waals surface area contributed by atoms with Crippen LogP contribution in [0.15, 0.2) is 58.4 Å². The van der Waals surface area contributed by atoms with Gasteiger partial charge in [0.05, 0.1) is 18.6 Å². The smallest absolute Gasteiger partial charge is 0.317 e. The highest BCUT2D eigenvalue weighted by Crippen LogP contribution is 2.16. The van der Waals surface area contributed by atoms with E-state index in [-0.39, 0.29) is 35.7 Å². The molecule has 0 aliphatic heterocycles. The molecule has 0 spiro atoms. The lowest BCUT2D eigenvalue weighted by Crippen LogP contribution is -2.40. The number of rotatable bonds is 7. The summed E-state index contributed by atoms with van der Waals surface area (Å²) in [5.41, 5.74) is -1.06. The number of carbonyl (C=O) groups excluding carboxylic acids is 1. The summed E-state index contributed by atoms with van der Waals surface area (Å²) >= 11 is 0. The molecule has 0 saturated carbocycles. The molecule has 0 radical (unpaired) electrons. The first-order chi connectivity index (χ1) is 16.2. The highest BCUT2D eigenvalue weighted by Gasteiger charge is 2.21. The third-order valence-corrected chi connectivity index (χ3v) is 5.47. The minimum atomic E-state index is -1.16. The number of halogens is 3. The van der Waals surface area contributed by atoms with Crippen LogP contribution in [0.3, 0.4) is 0 Å². The maximum absolute atomic E-state index is 13.6. The van der Waals surface area contributed by atoms with Gasteiger partial charge in [0.2, 0.25) is 0 Å². The second-order valence-electron chi connectivity index (χ2n) is 8.33. The Morgan fingerprint density at radius 1 is 1.00 bits per heavy atom. The second-order valence-corrected chi connectivity index (χ2v) is 8.33. The summed E-state index contributed by atoms with van der Waals surface area (Å²) in [6, 6.07) is 7.92. The van der Waals surface area contributed by atoms with Crippen LogP contribution in [0, 0.1) is 23.4 Å². The first-order valence-electron chi connectivity index (χ1n) is 10.6. The maximum atomic E-state index is 13.6. The number of hydrogen-bond donors (Lipinski definition) is 0. The lowest BCUT2D eigenvalue weighted by Gasteiger charge is -2.13. The van der Waals surface area contributed by atoms with Crippen LogP contribution < -0.4 is 11.2 Å². The number of carbonyl (C=O) groups is 1. The lowest BCUT2D eigenvalue weighted by atomic mass is 10.1. The number of benzene rings is 2. The van der Waals surface area contributed by atoms with E-state index >= 15 is 0 Å². The number of Topliss-reactive ketones (excluding diaryl/α,β-unsaturated/α-hetero) is 1. The Bertz CT molecular complexity index is 1500. The van der Waals surface area contributed by atoms with E-state index < -0.39 is 34.5 Å². The Morgan fingerprint density at radius 2 is 1.71 bits per heavy atom. The quantitative estimate of drug-likeness (QED) is 0.386. The van der Waals surface area contributed by atoms with E-state index in [1.54, 1.807) is 0 Å². The molecule has 0 aliphatic carbocycles. The van der Waals surface area contributed by atoms with Gasteiger partial charge in [0.1, 0.15) is 5.82 Å². The van der Waals surface area contributed by atoms with Gasteiger partial charge in [-0.25, -0.2) is 27.5 Å². The van der Waals surface area contributed by atoms with Crippen molar-refractivity contribution in [3.05, 3.63) is 92.6 Å². The van der Waals surface area contributed by atoms with Crippen LogP contribution in [0.5, 0.6) is 0 Å². The summed E-state index contributed by atoms with van der Waals surface area (Å²) < 4.78 is 43.8. The van der Waals surface area contributed by atoms with E-state index in [0.29, 0.717) is 12.1 Å².